The summed E-state index contributed by atoms with van der Waals surface area (Å²) in [6.45, 7) is 1.24. The zero-order chi connectivity index (χ0) is 23.6. The zero-order valence-corrected chi connectivity index (χ0v) is 18.4. The van der Waals surface area contributed by atoms with E-state index in [2.05, 4.69) is 10.3 Å². The minimum absolute atomic E-state index is 0.220. The number of ether oxygens (including phenoxy) is 2. The van der Waals surface area contributed by atoms with Gasteiger partial charge in [0.15, 0.2) is 0 Å². The molecule has 33 heavy (non-hydrogen) atoms. The first kappa shape index (κ1) is 23.9. The Bertz CT molecular complexity index is 1150. The number of benzene rings is 2. The number of rotatable bonds is 11. The number of halogens is 1. The van der Waals surface area contributed by atoms with E-state index in [0.717, 1.165) is 17.2 Å². The predicted octanol–water partition coefficient (Wildman–Crippen LogP) is 4.07. The van der Waals surface area contributed by atoms with Crippen molar-refractivity contribution in [1.82, 2.24) is 10.3 Å². The number of nitrogens with two attached hydrogens (primary N) is 1. The molecule has 0 bridgehead atoms. The summed E-state index contributed by atoms with van der Waals surface area (Å²) in [4.78, 5) is 17.3. The molecule has 0 unspecified atom stereocenters. The third-order valence-electron chi connectivity index (χ3n) is 4.94. The Morgan fingerprint density at radius 1 is 1.18 bits per heavy atom. The highest BCUT2D eigenvalue weighted by Gasteiger charge is 2.13. The molecular formula is C25H27FN4O3. The first-order valence-corrected chi connectivity index (χ1v) is 10.6. The first-order valence-electron chi connectivity index (χ1n) is 10.6. The second-order valence-electron chi connectivity index (χ2n) is 7.35. The molecule has 8 heteroatoms. The molecule has 172 valence electrons. The monoisotopic (exact) mass is 450 g/mol. The lowest BCUT2D eigenvalue weighted by atomic mass is 10.1. The van der Waals surface area contributed by atoms with Gasteiger partial charge in [-0.05, 0) is 61.4 Å². The number of amides is 1. The van der Waals surface area contributed by atoms with Gasteiger partial charge in [0.2, 0.25) is 0 Å². The fourth-order valence-corrected chi connectivity index (χ4v) is 3.25. The minimum Gasteiger partial charge on any atom is -0.490 e. The Labute approximate surface area is 191 Å². The fraction of sp³-hybridized carbons (Fsp3) is 0.240. The maximum absolute atomic E-state index is 13.4. The molecule has 4 N–H and O–H groups in total. The first-order chi connectivity index (χ1) is 16.0. The summed E-state index contributed by atoms with van der Waals surface area (Å²) in [5.74, 6) is 0.0595. The van der Waals surface area contributed by atoms with E-state index < -0.39 is 0 Å². The Kier molecular flexibility index (Phi) is 8.49. The number of fused-ring (bicyclic) bond motifs is 1. The highest BCUT2D eigenvalue weighted by molar-refractivity contribution is 5.99. The van der Waals surface area contributed by atoms with Crippen LogP contribution >= 0.6 is 0 Å². The van der Waals surface area contributed by atoms with E-state index in [1.165, 1.54) is 18.2 Å². The molecule has 1 heterocycles. The van der Waals surface area contributed by atoms with Crippen molar-refractivity contribution < 1.29 is 18.7 Å². The Morgan fingerprint density at radius 3 is 2.70 bits per heavy atom. The smallest absolute Gasteiger partial charge is 0.251 e. The molecule has 0 aliphatic carbocycles. The van der Waals surface area contributed by atoms with Crippen LogP contribution in [0.3, 0.4) is 0 Å². The van der Waals surface area contributed by atoms with E-state index in [0.29, 0.717) is 60.8 Å². The van der Waals surface area contributed by atoms with Gasteiger partial charge < -0.3 is 25.9 Å². The number of nitrogens with zero attached hydrogens (tertiary/aromatic N) is 1. The van der Waals surface area contributed by atoms with Gasteiger partial charge in [-0.1, -0.05) is 0 Å². The second-order valence-corrected chi connectivity index (χ2v) is 7.35. The van der Waals surface area contributed by atoms with E-state index in [9.17, 15) is 9.18 Å². The fourth-order valence-electron chi connectivity index (χ4n) is 3.25. The van der Waals surface area contributed by atoms with Crippen LogP contribution < -0.4 is 15.8 Å². The molecule has 7 nitrogen and oxygen atoms in total. The summed E-state index contributed by atoms with van der Waals surface area (Å²) >= 11 is 0. The summed E-state index contributed by atoms with van der Waals surface area (Å²) in [6, 6.07) is 13.1. The number of aromatic nitrogens is 1. The van der Waals surface area contributed by atoms with E-state index in [4.69, 9.17) is 20.6 Å². The standard InChI is InChI=1S/C25H27FN4O3/c1-32-13-14-33-24-16-22(17-4-7-19(26)8-5-17)30-23-15-18(6-9-21(23)24)25(31)29-12-2-3-20(28)10-11-27/h4-11,15-16,27H,2-3,12-14,28H2,1H3,(H,29,31). The molecule has 1 amide bonds. The van der Waals surface area contributed by atoms with Crippen molar-refractivity contribution >= 4 is 23.0 Å². The van der Waals surface area contributed by atoms with Crippen LogP contribution in [0.15, 0.2) is 60.3 Å². The minimum atomic E-state index is -0.329. The Balaban J connectivity index is 1.84. The molecule has 3 aromatic rings. The van der Waals surface area contributed by atoms with Gasteiger partial charge in [-0.15, -0.1) is 0 Å². The molecule has 3 rings (SSSR count). The third kappa shape index (κ3) is 6.60. The summed E-state index contributed by atoms with van der Waals surface area (Å²) in [6.07, 6.45) is 3.93. The van der Waals surface area contributed by atoms with Crippen molar-refractivity contribution in [3.63, 3.8) is 0 Å². The zero-order valence-electron chi connectivity index (χ0n) is 18.4. The molecule has 0 radical (unpaired) electrons. The van der Waals surface area contributed by atoms with Crippen molar-refractivity contribution in [1.29, 1.82) is 5.41 Å². The average molecular weight is 451 g/mol. The molecule has 1 aromatic heterocycles. The van der Waals surface area contributed by atoms with Crippen LogP contribution in [-0.4, -0.2) is 44.0 Å². The predicted molar refractivity (Wildman–Crippen MR) is 127 cm³/mol. The maximum Gasteiger partial charge on any atom is 0.251 e. The summed E-state index contributed by atoms with van der Waals surface area (Å²) in [7, 11) is 1.60. The van der Waals surface area contributed by atoms with Crippen molar-refractivity contribution in [2.45, 2.75) is 12.8 Å². The van der Waals surface area contributed by atoms with Gasteiger partial charge in [0.1, 0.15) is 18.2 Å². The number of nitrogens with one attached hydrogen (secondary N) is 2. The number of allylic oxidation sites excluding steroid dienone is 2. The summed E-state index contributed by atoms with van der Waals surface area (Å²) in [5.41, 5.74) is 8.76. The lowest BCUT2D eigenvalue weighted by molar-refractivity contribution is 0.0953. The molecule has 2 aromatic carbocycles. The van der Waals surface area contributed by atoms with Crippen LogP contribution in [0.25, 0.3) is 22.2 Å². The maximum atomic E-state index is 13.4. The number of hydrogen-bond acceptors (Lipinski definition) is 6. The van der Waals surface area contributed by atoms with Gasteiger partial charge >= 0.3 is 0 Å². The molecule has 0 spiro atoms. The van der Waals surface area contributed by atoms with Gasteiger partial charge in [-0.3, -0.25) is 4.79 Å². The van der Waals surface area contributed by atoms with Crippen molar-refractivity contribution in [3.8, 4) is 17.0 Å². The number of pyridine rings is 1. The van der Waals surface area contributed by atoms with Gasteiger partial charge in [0, 0.05) is 48.1 Å². The van der Waals surface area contributed by atoms with Gasteiger partial charge in [0.25, 0.3) is 5.91 Å². The third-order valence-corrected chi connectivity index (χ3v) is 4.94. The van der Waals surface area contributed by atoms with Crippen molar-refractivity contribution in [2.75, 3.05) is 26.9 Å². The summed E-state index contributed by atoms with van der Waals surface area (Å²) in [5, 5.41) is 10.6. The van der Waals surface area contributed by atoms with Gasteiger partial charge in [-0.25, -0.2) is 9.37 Å². The van der Waals surface area contributed by atoms with Crippen LogP contribution in [0.2, 0.25) is 0 Å². The lowest BCUT2D eigenvalue weighted by Crippen LogP contribution is -2.24. The topological polar surface area (TPSA) is 110 Å². The quantitative estimate of drug-likeness (QED) is 0.301. The Hall–Kier alpha value is -3.78. The number of carbonyl (C=O) groups is 1. The van der Waals surface area contributed by atoms with Gasteiger partial charge in [0.05, 0.1) is 17.8 Å². The van der Waals surface area contributed by atoms with Gasteiger partial charge in [-0.2, -0.15) is 0 Å². The molecule has 0 fully saturated rings. The largest absolute Gasteiger partial charge is 0.490 e. The molecule has 0 atom stereocenters. The van der Waals surface area contributed by atoms with Crippen molar-refractivity contribution in [3.05, 3.63) is 71.7 Å². The lowest BCUT2D eigenvalue weighted by Gasteiger charge is -2.13. The van der Waals surface area contributed by atoms with Crippen LogP contribution in [0, 0.1) is 11.2 Å². The SMILES string of the molecule is COCCOc1cc(-c2ccc(F)cc2)nc2cc(C(=O)NCCCC(N)=CC=N)ccc12. The summed E-state index contributed by atoms with van der Waals surface area (Å²) < 4.78 is 24.3. The van der Waals surface area contributed by atoms with Crippen molar-refractivity contribution in [2.24, 2.45) is 5.73 Å². The number of hydrogen-bond donors (Lipinski definition) is 3. The molecule has 0 saturated heterocycles. The van der Waals surface area contributed by atoms with E-state index in [-0.39, 0.29) is 11.7 Å². The normalized spacial score (nSPS) is 11.4. The van der Waals surface area contributed by atoms with Crippen LogP contribution in [0.1, 0.15) is 23.2 Å². The molecule has 0 aliphatic heterocycles. The second kappa shape index (κ2) is 11.7. The van der Waals surface area contributed by atoms with Crippen LogP contribution in [-0.2, 0) is 4.74 Å². The molecular weight excluding hydrogens is 423 g/mol. The van der Waals surface area contributed by atoms with E-state index in [1.807, 2.05) is 0 Å². The highest BCUT2D eigenvalue weighted by atomic mass is 19.1. The number of carbonyl (C=O) groups excluding carboxylic acids is 1. The van der Waals surface area contributed by atoms with E-state index >= 15 is 0 Å². The molecule has 0 saturated carbocycles. The van der Waals surface area contributed by atoms with Crippen LogP contribution in [0.5, 0.6) is 5.75 Å². The molecule has 0 aliphatic rings. The Morgan fingerprint density at radius 2 is 1.97 bits per heavy atom. The highest BCUT2D eigenvalue weighted by Crippen LogP contribution is 2.31. The van der Waals surface area contributed by atoms with E-state index in [1.54, 1.807) is 43.5 Å². The average Bonchev–Trinajstić information content (AvgIpc) is 2.82. The van der Waals surface area contributed by atoms with Crippen LogP contribution in [0.4, 0.5) is 4.39 Å². The number of methoxy groups -OCH3 is 1.